The van der Waals surface area contributed by atoms with E-state index in [4.69, 9.17) is 0 Å². The second-order valence-electron chi connectivity index (χ2n) is 3.91. The second-order valence-corrected chi connectivity index (χ2v) is 13.0. The van der Waals surface area contributed by atoms with E-state index >= 15 is 0 Å². The molecule has 0 radical (unpaired) electrons. The minimum absolute atomic E-state index is 0.366. The molecule has 3 rings (SSSR count). The smallest absolute Gasteiger partial charge is 0.0289 e. The van der Waals surface area contributed by atoms with Crippen molar-refractivity contribution in [2.75, 3.05) is 0 Å². The SMILES string of the molecule is O=S([O-])S1(S(=O)[O-])c2ccccc2Sc2ccccc21. The van der Waals surface area contributed by atoms with Crippen molar-refractivity contribution in [2.45, 2.75) is 19.6 Å². The van der Waals surface area contributed by atoms with Crippen LogP contribution in [-0.2, 0) is 20.2 Å². The van der Waals surface area contributed by atoms with Crippen LogP contribution in [-0.4, -0.2) is 17.5 Å². The summed E-state index contributed by atoms with van der Waals surface area (Å²) in [6, 6.07) is 13.5. The molecule has 8 heteroatoms. The highest BCUT2D eigenvalue weighted by Gasteiger charge is 2.39. The van der Waals surface area contributed by atoms with Gasteiger partial charge in [0.2, 0.25) is 0 Å². The van der Waals surface area contributed by atoms with Gasteiger partial charge in [-0.25, -0.2) is 0 Å². The molecule has 20 heavy (non-hydrogen) atoms. The Hall–Kier alpha value is -0.640. The van der Waals surface area contributed by atoms with Gasteiger partial charge in [-0.2, -0.15) is 0 Å². The van der Waals surface area contributed by atoms with Gasteiger partial charge in [-0.05, 0) is 24.3 Å². The van der Waals surface area contributed by atoms with Crippen molar-refractivity contribution in [1.29, 1.82) is 0 Å². The first-order valence-corrected chi connectivity index (χ1v) is 11.1. The van der Waals surface area contributed by atoms with E-state index < -0.39 is 28.3 Å². The molecule has 0 amide bonds. The van der Waals surface area contributed by atoms with Crippen molar-refractivity contribution in [2.24, 2.45) is 0 Å². The molecule has 2 unspecified atom stereocenters. The van der Waals surface area contributed by atoms with E-state index in [0.29, 0.717) is 19.6 Å². The van der Waals surface area contributed by atoms with E-state index in [0.717, 1.165) is 0 Å². The molecule has 0 fully saturated rings. The van der Waals surface area contributed by atoms with E-state index in [1.165, 1.54) is 11.8 Å². The van der Waals surface area contributed by atoms with Crippen molar-refractivity contribution in [3.05, 3.63) is 48.5 Å². The minimum atomic E-state index is -3.14. The normalized spacial score (nSPS) is 20.3. The summed E-state index contributed by atoms with van der Waals surface area (Å²) in [5.41, 5.74) is 0. The molecular formula is C12H8O4S4-2. The highest BCUT2D eigenvalue weighted by Crippen LogP contribution is 2.73. The Bertz CT molecular complexity index is 669. The van der Waals surface area contributed by atoms with Gasteiger partial charge in [0, 0.05) is 39.8 Å². The van der Waals surface area contributed by atoms with Crippen LogP contribution in [0.5, 0.6) is 0 Å². The van der Waals surface area contributed by atoms with Gasteiger partial charge in [-0.3, -0.25) is 8.42 Å². The first-order valence-electron chi connectivity index (χ1n) is 5.47. The minimum Gasteiger partial charge on any atom is -0.764 e. The zero-order valence-corrected chi connectivity index (χ0v) is 13.2. The molecule has 0 saturated heterocycles. The van der Waals surface area contributed by atoms with Crippen molar-refractivity contribution in [3.8, 4) is 0 Å². The van der Waals surface area contributed by atoms with Crippen molar-refractivity contribution in [3.63, 3.8) is 0 Å². The van der Waals surface area contributed by atoms with Gasteiger partial charge in [0.15, 0.2) is 0 Å². The van der Waals surface area contributed by atoms with Gasteiger partial charge in [0.1, 0.15) is 0 Å². The van der Waals surface area contributed by atoms with E-state index in [1.54, 1.807) is 48.5 Å². The van der Waals surface area contributed by atoms with Gasteiger partial charge in [0.05, 0.1) is 0 Å². The van der Waals surface area contributed by atoms with Gasteiger partial charge in [-0.15, -0.1) is 0 Å². The Morgan fingerprint density at radius 3 is 1.60 bits per heavy atom. The van der Waals surface area contributed by atoms with Crippen LogP contribution in [0.4, 0.5) is 0 Å². The Morgan fingerprint density at radius 1 is 0.800 bits per heavy atom. The van der Waals surface area contributed by atoms with E-state index in [2.05, 4.69) is 0 Å². The van der Waals surface area contributed by atoms with Crippen LogP contribution < -0.4 is 0 Å². The zero-order valence-electron chi connectivity index (χ0n) is 9.88. The lowest BCUT2D eigenvalue weighted by molar-refractivity contribution is 0.548. The largest absolute Gasteiger partial charge is 0.764 e. The topological polar surface area (TPSA) is 80.3 Å². The summed E-state index contributed by atoms with van der Waals surface area (Å²) in [4.78, 5) is 2.08. The number of hydrogen-bond donors (Lipinski definition) is 0. The van der Waals surface area contributed by atoms with Gasteiger partial charge >= 0.3 is 0 Å². The van der Waals surface area contributed by atoms with E-state index in [9.17, 15) is 17.5 Å². The molecule has 2 aromatic rings. The van der Waals surface area contributed by atoms with E-state index in [1.807, 2.05) is 0 Å². The molecule has 1 aliphatic heterocycles. The van der Waals surface area contributed by atoms with Crippen molar-refractivity contribution >= 4 is 40.1 Å². The maximum absolute atomic E-state index is 11.9. The number of hydrogen-bond acceptors (Lipinski definition) is 5. The fraction of sp³-hybridized carbons (Fsp3) is 0. The van der Waals surface area contributed by atoms with Crippen LogP contribution in [0.1, 0.15) is 0 Å². The summed E-state index contributed by atoms with van der Waals surface area (Å²) in [6.07, 6.45) is 0. The molecule has 0 bridgehead atoms. The maximum atomic E-state index is 11.9. The average molecular weight is 344 g/mol. The third kappa shape index (κ3) is 1.91. The first kappa shape index (κ1) is 14.3. The Kier molecular flexibility index (Phi) is 3.78. The van der Waals surface area contributed by atoms with E-state index in [-0.39, 0.29) is 0 Å². The van der Waals surface area contributed by atoms with Crippen LogP contribution in [0, 0.1) is 0 Å². The molecule has 0 N–H and O–H groups in total. The lowest BCUT2D eigenvalue weighted by Gasteiger charge is -2.46. The fourth-order valence-electron chi connectivity index (χ4n) is 2.09. The highest BCUT2D eigenvalue weighted by molar-refractivity contribution is 9.16. The molecule has 1 aliphatic rings. The van der Waals surface area contributed by atoms with Crippen molar-refractivity contribution in [1.82, 2.24) is 0 Å². The monoisotopic (exact) mass is 344 g/mol. The summed E-state index contributed by atoms with van der Waals surface area (Å²) in [6.45, 7) is 0. The number of fused-ring (bicyclic) bond motifs is 2. The average Bonchev–Trinajstić information content (AvgIpc) is 2.43. The summed E-state index contributed by atoms with van der Waals surface area (Å²) < 4.78 is 47.5. The molecule has 4 nitrogen and oxygen atoms in total. The molecular weight excluding hydrogens is 336 g/mol. The van der Waals surface area contributed by atoms with Crippen LogP contribution in [0.3, 0.4) is 0 Å². The molecule has 2 atom stereocenters. The standard InChI is InChI=1S/C12H10O4S4/c13-18(14)20(19(15)16)11-7-3-1-5-9(11)17-10-6-2-4-8-12(10)20/h1-8H,(H,13,14)(H,15,16)/p-2. The van der Waals surface area contributed by atoms with Crippen molar-refractivity contribution < 1.29 is 17.5 Å². The molecule has 0 saturated carbocycles. The lowest BCUT2D eigenvalue weighted by atomic mass is 10.3. The Balaban J connectivity index is 2.44. The third-order valence-electron chi connectivity index (χ3n) is 2.88. The van der Waals surface area contributed by atoms with Crippen LogP contribution in [0.15, 0.2) is 68.1 Å². The zero-order chi connectivity index (χ0) is 14.3. The molecule has 2 aromatic carbocycles. The predicted octanol–water partition coefficient (Wildman–Crippen LogP) is 2.96. The fourth-order valence-corrected chi connectivity index (χ4v) is 11.3. The second kappa shape index (κ2) is 5.28. The molecule has 1 heterocycles. The molecule has 0 aliphatic carbocycles. The molecule has 0 spiro atoms. The summed E-state index contributed by atoms with van der Waals surface area (Å²) in [7, 11) is -8.65. The van der Waals surface area contributed by atoms with Gasteiger partial charge in [-0.1, -0.05) is 44.1 Å². The number of rotatable bonds is 2. The third-order valence-corrected chi connectivity index (χ3v) is 13.4. The van der Waals surface area contributed by atoms with Crippen LogP contribution in [0.25, 0.3) is 0 Å². The van der Waals surface area contributed by atoms with Gasteiger partial charge in [0.25, 0.3) is 0 Å². The van der Waals surface area contributed by atoms with Crippen LogP contribution in [0.2, 0.25) is 0 Å². The predicted molar refractivity (Wildman–Crippen MR) is 79.0 cm³/mol. The highest BCUT2D eigenvalue weighted by atomic mass is 33.6. The summed E-state index contributed by atoms with van der Waals surface area (Å²) in [5.74, 6) is 0. The van der Waals surface area contributed by atoms with Crippen LogP contribution >= 0.6 is 19.9 Å². The summed E-state index contributed by atoms with van der Waals surface area (Å²) in [5, 5.41) is 0. The lowest BCUT2D eigenvalue weighted by Crippen LogP contribution is -2.17. The Morgan fingerprint density at radius 2 is 1.20 bits per heavy atom. The maximum Gasteiger partial charge on any atom is 0.0289 e. The quantitative estimate of drug-likeness (QED) is 0.618. The first-order chi connectivity index (χ1) is 9.58. The summed E-state index contributed by atoms with van der Waals surface area (Å²) >= 11 is 1.39. The molecule has 0 aromatic heterocycles. The Labute approximate surface area is 125 Å². The molecule has 106 valence electrons. The number of benzene rings is 2. The van der Waals surface area contributed by atoms with Gasteiger partial charge < -0.3 is 9.11 Å².